The molecular weight excluding hydrogens is 350 g/mol. The summed E-state index contributed by atoms with van der Waals surface area (Å²) in [6.45, 7) is 4.05. The van der Waals surface area contributed by atoms with Gasteiger partial charge in [0.05, 0.1) is 10.3 Å². The standard InChI is InChI=1S/C15H16ClN5O2S/c1-9(14-17-10(2)20-23-14)24-15-19-18-13(21(15)3)8-22-12-7-5-4-6-11(12)16/h4-7,9H,8H2,1-3H3. The van der Waals surface area contributed by atoms with Gasteiger partial charge in [-0.15, -0.1) is 10.2 Å². The Bertz CT molecular complexity index is 835. The molecule has 3 aromatic rings. The smallest absolute Gasteiger partial charge is 0.239 e. The Morgan fingerprint density at radius 1 is 1.33 bits per heavy atom. The van der Waals surface area contributed by atoms with E-state index in [1.807, 2.05) is 36.7 Å². The summed E-state index contributed by atoms with van der Waals surface area (Å²) in [5.41, 5.74) is 0. The summed E-state index contributed by atoms with van der Waals surface area (Å²) in [6, 6.07) is 7.32. The molecular formula is C15H16ClN5O2S. The molecule has 9 heteroatoms. The summed E-state index contributed by atoms with van der Waals surface area (Å²) in [7, 11) is 1.89. The summed E-state index contributed by atoms with van der Waals surface area (Å²) < 4.78 is 12.8. The number of ether oxygens (including phenoxy) is 1. The van der Waals surface area contributed by atoms with E-state index in [-0.39, 0.29) is 11.9 Å². The molecule has 1 unspecified atom stereocenters. The number of thioether (sulfide) groups is 1. The molecule has 0 aliphatic rings. The van der Waals surface area contributed by atoms with Crippen molar-refractivity contribution in [3.05, 3.63) is 46.8 Å². The first-order valence-corrected chi connectivity index (χ1v) is 8.53. The second-order valence-corrected chi connectivity index (χ2v) is 6.83. The second kappa shape index (κ2) is 7.23. The number of aryl methyl sites for hydroxylation is 1. The van der Waals surface area contributed by atoms with Gasteiger partial charge in [-0.25, -0.2) is 0 Å². The van der Waals surface area contributed by atoms with Crippen molar-refractivity contribution in [2.24, 2.45) is 7.05 Å². The lowest BCUT2D eigenvalue weighted by Crippen LogP contribution is -2.04. The number of hydrogen-bond donors (Lipinski definition) is 0. The Morgan fingerprint density at radius 3 is 2.83 bits per heavy atom. The summed E-state index contributed by atoms with van der Waals surface area (Å²) in [5, 5.41) is 13.5. The van der Waals surface area contributed by atoms with Crippen LogP contribution in [-0.4, -0.2) is 24.9 Å². The molecule has 126 valence electrons. The Kier molecular flexibility index (Phi) is 5.06. The first-order valence-electron chi connectivity index (χ1n) is 7.27. The predicted octanol–water partition coefficient (Wildman–Crippen LogP) is 3.59. The van der Waals surface area contributed by atoms with Crippen LogP contribution in [0.1, 0.15) is 29.7 Å². The molecule has 1 aromatic carbocycles. The molecule has 2 heterocycles. The highest BCUT2D eigenvalue weighted by atomic mass is 35.5. The third-order valence-electron chi connectivity index (χ3n) is 3.29. The molecule has 7 nitrogen and oxygen atoms in total. The molecule has 0 fully saturated rings. The van der Waals surface area contributed by atoms with E-state index in [1.165, 1.54) is 11.8 Å². The molecule has 0 radical (unpaired) electrons. The van der Waals surface area contributed by atoms with E-state index in [9.17, 15) is 0 Å². The maximum absolute atomic E-state index is 6.08. The molecule has 0 saturated heterocycles. The molecule has 1 atom stereocenters. The average Bonchev–Trinajstić information content (AvgIpc) is 3.14. The summed E-state index contributed by atoms with van der Waals surface area (Å²) in [6.07, 6.45) is 0. The Balaban J connectivity index is 1.66. The van der Waals surface area contributed by atoms with Crippen LogP contribution in [0.25, 0.3) is 0 Å². The van der Waals surface area contributed by atoms with Crippen molar-refractivity contribution >= 4 is 23.4 Å². The number of aromatic nitrogens is 5. The van der Waals surface area contributed by atoms with Gasteiger partial charge in [-0.05, 0) is 26.0 Å². The van der Waals surface area contributed by atoms with Gasteiger partial charge in [0.15, 0.2) is 16.8 Å². The number of para-hydroxylation sites is 1. The molecule has 0 aliphatic heterocycles. The lowest BCUT2D eigenvalue weighted by atomic mass is 10.3. The molecule has 0 amide bonds. The van der Waals surface area contributed by atoms with Gasteiger partial charge in [0.1, 0.15) is 12.4 Å². The van der Waals surface area contributed by atoms with Gasteiger partial charge < -0.3 is 13.8 Å². The molecule has 24 heavy (non-hydrogen) atoms. The molecule has 0 saturated carbocycles. The van der Waals surface area contributed by atoms with Crippen molar-refractivity contribution in [3.63, 3.8) is 0 Å². The topological polar surface area (TPSA) is 78.9 Å². The Hall–Kier alpha value is -2.06. The number of halogens is 1. The second-order valence-electron chi connectivity index (χ2n) is 5.12. The molecule has 0 N–H and O–H groups in total. The summed E-state index contributed by atoms with van der Waals surface area (Å²) in [5.74, 6) is 2.50. The van der Waals surface area contributed by atoms with Gasteiger partial charge in [0.25, 0.3) is 0 Å². The Morgan fingerprint density at radius 2 is 2.12 bits per heavy atom. The van der Waals surface area contributed by atoms with Gasteiger partial charge in [0, 0.05) is 7.05 Å². The number of nitrogens with zero attached hydrogens (tertiary/aromatic N) is 5. The van der Waals surface area contributed by atoms with Gasteiger partial charge in [0.2, 0.25) is 5.89 Å². The van der Waals surface area contributed by atoms with E-state index in [0.717, 1.165) is 5.16 Å². The zero-order chi connectivity index (χ0) is 17.1. The van der Waals surface area contributed by atoms with Gasteiger partial charge in [-0.2, -0.15) is 4.98 Å². The van der Waals surface area contributed by atoms with Crippen molar-refractivity contribution in [3.8, 4) is 5.75 Å². The van der Waals surface area contributed by atoms with Crippen molar-refractivity contribution < 1.29 is 9.26 Å². The normalized spacial score (nSPS) is 12.3. The number of hydrogen-bond acceptors (Lipinski definition) is 7. The van der Waals surface area contributed by atoms with Crippen LogP contribution in [-0.2, 0) is 13.7 Å². The van der Waals surface area contributed by atoms with Crippen LogP contribution in [0.5, 0.6) is 5.75 Å². The average molecular weight is 366 g/mol. The van der Waals surface area contributed by atoms with Crippen LogP contribution < -0.4 is 4.74 Å². The summed E-state index contributed by atoms with van der Waals surface area (Å²) >= 11 is 7.57. The lowest BCUT2D eigenvalue weighted by Gasteiger charge is -2.08. The van der Waals surface area contributed by atoms with Crippen LogP contribution >= 0.6 is 23.4 Å². The van der Waals surface area contributed by atoms with E-state index in [4.69, 9.17) is 20.9 Å². The SMILES string of the molecule is Cc1noc(C(C)Sc2nnc(COc3ccccc3Cl)n2C)n1. The zero-order valence-corrected chi connectivity index (χ0v) is 15.0. The molecule has 3 rings (SSSR count). The van der Waals surface area contributed by atoms with Crippen LogP contribution in [0.15, 0.2) is 33.9 Å². The highest BCUT2D eigenvalue weighted by Crippen LogP contribution is 2.32. The van der Waals surface area contributed by atoms with E-state index < -0.39 is 0 Å². The quantitative estimate of drug-likeness (QED) is 0.617. The highest BCUT2D eigenvalue weighted by Gasteiger charge is 2.19. The maximum Gasteiger partial charge on any atom is 0.239 e. The van der Waals surface area contributed by atoms with Crippen molar-refractivity contribution in [2.45, 2.75) is 30.9 Å². The fourth-order valence-electron chi connectivity index (χ4n) is 1.96. The van der Waals surface area contributed by atoms with Crippen LogP contribution in [0.3, 0.4) is 0 Å². The number of benzene rings is 1. The van der Waals surface area contributed by atoms with Gasteiger partial charge >= 0.3 is 0 Å². The fraction of sp³-hybridized carbons (Fsp3) is 0.333. The first kappa shape index (κ1) is 16.8. The predicted molar refractivity (Wildman–Crippen MR) is 90.1 cm³/mol. The number of rotatable bonds is 6. The largest absolute Gasteiger partial charge is 0.484 e. The van der Waals surface area contributed by atoms with Crippen LogP contribution in [0, 0.1) is 6.92 Å². The van der Waals surface area contributed by atoms with E-state index in [1.54, 1.807) is 13.0 Å². The monoisotopic (exact) mass is 365 g/mol. The van der Waals surface area contributed by atoms with Crippen LogP contribution in [0.2, 0.25) is 5.02 Å². The van der Waals surface area contributed by atoms with Crippen molar-refractivity contribution in [1.29, 1.82) is 0 Å². The van der Waals surface area contributed by atoms with Gasteiger partial charge in [-0.3, -0.25) is 0 Å². The fourth-order valence-corrected chi connectivity index (χ4v) is 3.02. The van der Waals surface area contributed by atoms with Crippen LogP contribution in [0.4, 0.5) is 0 Å². The molecule has 0 aliphatic carbocycles. The van der Waals surface area contributed by atoms with Crippen molar-refractivity contribution in [2.75, 3.05) is 0 Å². The molecule has 0 spiro atoms. The summed E-state index contributed by atoms with van der Waals surface area (Å²) in [4.78, 5) is 4.23. The minimum atomic E-state index is -0.0218. The molecule has 2 aromatic heterocycles. The lowest BCUT2D eigenvalue weighted by molar-refractivity contribution is 0.290. The third kappa shape index (κ3) is 3.70. The zero-order valence-electron chi connectivity index (χ0n) is 13.4. The van der Waals surface area contributed by atoms with E-state index in [0.29, 0.717) is 28.3 Å². The van der Waals surface area contributed by atoms with Crippen molar-refractivity contribution in [1.82, 2.24) is 24.9 Å². The molecule has 0 bridgehead atoms. The van der Waals surface area contributed by atoms with E-state index >= 15 is 0 Å². The minimum Gasteiger partial charge on any atom is -0.484 e. The highest BCUT2D eigenvalue weighted by molar-refractivity contribution is 7.99. The van der Waals surface area contributed by atoms with Gasteiger partial charge in [-0.1, -0.05) is 40.7 Å². The van der Waals surface area contributed by atoms with E-state index in [2.05, 4.69) is 20.3 Å². The first-order chi connectivity index (χ1) is 11.5. The maximum atomic E-state index is 6.08. The minimum absolute atomic E-state index is 0.0218. The third-order valence-corrected chi connectivity index (χ3v) is 4.73. The Labute approximate surface area is 148 Å².